The number of halogens is 1. The van der Waals surface area contributed by atoms with Crippen LogP contribution in [0, 0.1) is 5.92 Å². The number of ether oxygens (including phenoxy) is 1. The van der Waals surface area contributed by atoms with Gasteiger partial charge in [-0.25, -0.2) is 0 Å². The maximum Gasteiger partial charge on any atom is 0.122 e. The Balaban J connectivity index is 0.00000128. The first-order valence-corrected chi connectivity index (χ1v) is 5.83. The molecule has 1 aliphatic rings. The van der Waals surface area contributed by atoms with Crippen molar-refractivity contribution in [3.63, 3.8) is 0 Å². The van der Waals surface area contributed by atoms with Gasteiger partial charge in [-0.3, -0.25) is 0 Å². The summed E-state index contributed by atoms with van der Waals surface area (Å²) in [6.45, 7) is 2.58. The fourth-order valence-corrected chi connectivity index (χ4v) is 2.38. The van der Waals surface area contributed by atoms with E-state index in [0.29, 0.717) is 0 Å². The quantitative estimate of drug-likeness (QED) is 0.665. The molecule has 0 radical (unpaired) electrons. The summed E-state index contributed by atoms with van der Waals surface area (Å²) in [6.07, 6.45) is 3.87. The van der Waals surface area contributed by atoms with Crippen LogP contribution >= 0.6 is 0 Å². The van der Waals surface area contributed by atoms with Gasteiger partial charge in [0.05, 0.1) is 20.2 Å². The molecule has 0 saturated carbocycles. The van der Waals surface area contributed by atoms with Gasteiger partial charge in [0, 0.05) is 0 Å². The lowest BCUT2D eigenvalue weighted by molar-refractivity contribution is -0.664. The molecule has 90 valence electrons. The second-order valence-electron chi connectivity index (χ2n) is 4.33. The number of methoxy groups -OCH3 is 1. The third kappa shape index (κ3) is 3.39. The Morgan fingerprint density at radius 3 is 2.62 bits per heavy atom. The Labute approximate surface area is 104 Å². The highest BCUT2D eigenvalue weighted by atomic mass is 35.5. The van der Waals surface area contributed by atoms with Gasteiger partial charge in [-0.15, -0.1) is 0 Å². The Kier molecular flexibility index (Phi) is 5.64. The van der Waals surface area contributed by atoms with Gasteiger partial charge in [-0.05, 0) is 36.8 Å². The molecule has 1 aromatic rings. The van der Waals surface area contributed by atoms with E-state index in [-0.39, 0.29) is 12.4 Å². The molecule has 0 aliphatic carbocycles. The Morgan fingerprint density at radius 2 is 1.94 bits per heavy atom. The molecule has 0 spiro atoms. The average Bonchev–Trinajstić information content (AvgIpc) is 2.31. The van der Waals surface area contributed by atoms with E-state index in [1.54, 1.807) is 7.11 Å². The van der Waals surface area contributed by atoms with Crippen LogP contribution in [0.25, 0.3) is 0 Å². The lowest BCUT2D eigenvalue weighted by Crippen LogP contribution is -3.00. The van der Waals surface area contributed by atoms with Crippen LogP contribution in [0.4, 0.5) is 0 Å². The highest BCUT2D eigenvalue weighted by Crippen LogP contribution is 2.23. The molecule has 16 heavy (non-hydrogen) atoms. The second kappa shape index (κ2) is 6.77. The van der Waals surface area contributed by atoms with Crippen molar-refractivity contribution >= 4 is 0 Å². The molecule has 0 aromatic heterocycles. The molecular formula is C13H20ClNO. The van der Waals surface area contributed by atoms with Crippen molar-refractivity contribution in [2.75, 3.05) is 20.2 Å². The molecule has 1 aliphatic heterocycles. The van der Waals surface area contributed by atoms with Crippen LogP contribution in [0.3, 0.4) is 0 Å². The summed E-state index contributed by atoms with van der Waals surface area (Å²) in [5.41, 5.74) is 1.37. The number of rotatable bonds is 3. The zero-order chi connectivity index (χ0) is 10.5. The largest absolute Gasteiger partial charge is 1.00 e. The maximum atomic E-state index is 5.38. The van der Waals surface area contributed by atoms with Crippen LogP contribution in [-0.2, 0) is 6.42 Å². The molecule has 0 atom stereocenters. The van der Waals surface area contributed by atoms with E-state index in [2.05, 4.69) is 23.5 Å². The predicted molar refractivity (Wildman–Crippen MR) is 61.1 cm³/mol. The molecule has 0 unspecified atom stereocenters. The Bertz CT molecular complexity index is 311. The van der Waals surface area contributed by atoms with Crippen molar-refractivity contribution in [3.8, 4) is 5.75 Å². The minimum Gasteiger partial charge on any atom is -1.00 e. The predicted octanol–water partition coefficient (Wildman–Crippen LogP) is -1.78. The van der Waals surface area contributed by atoms with Gasteiger partial charge in [0.25, 0.3) is 0 Å². The number of hydrogen-bond acceptors (Lipinski definition) is 1. The third-order valence-corrected chi connectivity index (χ3v) is 3.26. The van der Waals surface area contributed by atoms with Gasteiger partial charge in [0.1, 0.15) is 5.75 Å². The minimum absolute atomic E-state index is 0. The van der Waals surface area contributed by atoms with E-state index < -0.39 is 0 Å². The van der Waals surface area contributed by atoms with Crippen LogP contribution < -0.4 is 22.5 Å². The normalized spacial score (nSPS) is 16.6. The summed E-state index contributed by atoms with van der Waals surface area (Å²) in [7, 11) is 1.76. The molecular weight excluding hydrogens is 222 g/mol. The van der Waals surface area contributed by atoms with Crippen molar-refractivity contribution in [2.24, 2.45) is 5.92 Å². The molecule has 1 heterocycles. The van der Waals surface area contributed by atoms with Crippen molar-refractivity contribution in [1.29, 1.82) is 0 Å². The first kappa shape index (κ1) is 13.3. The average molecular weight is 242 g/mol. The molecule has 1 saturated heterocycles. The molecule has 2 rings (SSSR count). The molecule has 2 nitrogen and oxygen atoms in total. The number of nitrogens with two attached hydrogens (primary N) is 1. The first-order chi connectivity index (χ1) is 7.40. The molecule has 2 N–H and O–H groups in total. The molecule has 1 fully saturated rings. The van der Waals surface area contributed by atoms with Crippen molar-refractivity contribution in [2.45, 2.75) is 19.3 Å². The van der Waals surface area contributed by atoms with Crippen LogP contribution in [0.15, 0.2) is 24.3 Å². The van der Waals surface area contributed by atoms with E-state index >= 15 is 0 Å². The lowest BCUT2D eigenvalue weighted by Gasteiger charge is -2.21. The van der Waals surface area contributed by atoms with Crippen LogP contribution in [-0.4, -0.2) is 20.2 Å². The Morgan fingerprint density at radius 1 is 1.25 bits per heavy atom. The fraction of sp³-hybridized carbons (Fsp3) is 0.538. The molecule has 0 bridgehead atoms. The highest BCUT2D eigenvalue weighted by Gasteiger charge is 2.17. The zero-order valence-corrected chi connectivity index (χ0v) is 10.5. The van der Waals surface area contributed by atoms with Crippen LogP contribution in [0.2, 0.25) is 0 Å². The summed E-state index contributed by atoms with van der Waals surface area (Å²) >= 11 is 0. The topological polar surface area (TPSA) is 25.8 Å². The number of para-hydroxylation sites is 1. The SMILES string of the molecule is COc1ccccc1CC1CC[NH2+]CC1.[Cl-]. The molecule has 1 aromatic carbocycles. The molecule has 0 amide bonds. The van der Waals surface area contributed by atoms with Gasteiger partial charge < -0.3 is 22.5 Å². The van der Waals surface area contributed by atoms with Crippen LogP contribution in [0.5, 0.6) is 5.75 Å². The van der Waals surface area contributed by atoms with Gasteiger partial charge in [0.15, 0.2) is 0 Å². The Hall–Kier alpha value is -0.730. The standard InChI is InChI=1S/C13H19NO.ClH/c1-15-13-5-3-2-4-12(13)10-11-6-8-14-9-7-11;/h2-5,11,14H,6-10H2,1H3;1H. The second-order valence-corrected chi connectivity index (χ2v) is 4.33. The summed E-state index contributed by atoms with van der Waals surface area (Å²) in [4.78, 5) is 0. The van der Waals surface area contributed by atoms with Gasteiger partial charge in [-0.2, -0.15) is 0 Å². The van der Waals surface area contributed by atoms with E-state index in [1.165, 1.54) is 37.9 Å². The molecule has 3 heteroatoms. The van der Waals surface area contributed by atoms with E-state index in [9.17, 15) is 0 Å². The van der Waals surface area contributed by atoms with Crippen molar-refractivity contribution in [1.82, 2.24) is 0 Å². The van der Waals surface area contributed by atoms with Gasteiger partial charge in [0.2, 0.25) is 0 Å². The number of benzene rings is 1. The third-order valence-electron chi connectivity index (χ3n) is 3.26. The summed E-state index contributed by atoms with van der Waals surface area (Å²) < 4.78 is 5.38. The summed E-state index contributed by atoms with van der Waals surface area (Å²) in [6, 6.07) is 8.39. The smallest absolute Gasteiger partial charge is 0.122 e. The van der Waals surface area contributed by atoms with E-state index in [0.717, 1.165) is 11.7 Å². The van der Waals surface area contributed by atoms with Crippen LogP contribution in [0.1, 0.15) is 18.4 Å². The number of hydrogen-bond donors (Lipinski definition) is 1. The van der Waals surface area contributed by atoms with Gasteiger partial charge in [-0.1, -0.05) is 18.2 Å². The van der Waals surface area contributed by atoms with E-state index in [1.807, 2.05) is 6.07 Å². The summed E-state index contributed by atoms with van der Waals surface area (Å²) in [5, 5.41) is 2.42. The highest BCUT2D eigenvalue weighted by molar-refractivity contribution is 5.33. The monoisotopic (exact) mass is 241 g/mol. The lowest BCUT2D eigenvalue weighted by atomic mass is 9.91. The minimum atomic E-state index is 0. The summed E-state index contributed by atoms with van der Waals surface area (Å²) in [5.74, 6) is 1.90. The first-order valence-electron chi connectivity index (χ1n) is 5.83. The number of piperidine rings is 1. The fourth-order valence-electron chi connectivity index (χ4n) is 2.38. The number of quaternary nitrogens is 1. The van der Waals surface area contributed by atoms with Crippen molar-refractivity contribution in [3.05, 3.63) is 29.8 Å². The van der Waals surface area contributed by atoms with Crippen molar-refractivity contribution < 1.29 is 22.5 Å². The maximum absolute atomic E-state index is 5.38. The van der Waals surface area contributed by atoms with Gasteiger partial charge >= 0.3 is 0 Å². The zero-order valence-electron chi connectivity index (χ0n) is 9.79. The van der Waals surface area contributed by atoms with E-state index in [4.69, 9.17) is 4.74 Å².